The third-order valence-corrected chi connectivity index (χ3v) is 2.45. The van der Waals surface area contributed by atoms with Crippen LogP contribution in [0.15, 0.2) is 18.2 Å². The van der Waals surface area contributed by atoms with E-state index in [-0.39, 0.29) is 12.0 Å². The van der Waals surface area contributed by atoms with Gasteiger partial charge in [-0.25, -0.2) is 9.18 Å². The van der Waals surface area contributed by atoms with Crippen LogP contribution in [0.4, 0.5) is 4.39 Å². The Bertz CT molecular complexity index is 545. The zero-order valence-electron chi connectivity index (χ0n) is 10.2. The molecule has 8 heteroatoms. The molecule has 1 aromatic rings. The van der Waals surface area contributed by atoms with Crippen LogP contribution in [-0.2, 0) is 9.59 Å². The van der Waals surface area contributed by atoms with Gasteiger partial charge in [0.05, 0.1) is 5.56 Å². The number of carbonyl (C=O) groups is 3. The molecule has 0 aromatic heterocycles. The standard InChI is InChI=1S/C12H12FNO6/c13-6-1-2-7(9(15)5-6)11(18)14-8(12(19)20)3-4-10(16)17/h1-2,5,8,15H,3-4H2,(H,14,18)(H,16,17)(H,19,20)/t8-/m0/s1. The molecule has 0 bridgehead atoms. The molecule has 1 atom stereocenters. The molecular formula is C12H12FNO6. The highest BCUT2D eigenvalue weighted by atomic mass is 19.1. The zero-order chi connectivity index (χ0) is 15.3. The first-order chi connectivity index (χ1) is 9.31. The number of phenolic OH excluding ortho intramolecular Hbond substituents is 1. The van der Waals surface area contributed by atoms with Crippen molar-refractivity contribution in [1.29, 1.82) is 0 Å². The lowest BCUT2D eigenvalue weighted by molar-refractivity contribution is -0.140. The molecule has 1 amide bonds. The maximum absolute atomic E-state index is 12.8. The van der Waals surface area contributed by atoms with Crippen LogP contribution < -0.4 is 5.32 Å². The van der Waals surface area contributed by atoms with Gasteiger partial charge in [0.25, 0.3) is 5.91 Å². The predicted octanol–water partition coefficient (Wildman–Crippen LogP) is 0.579. The maximum Gasteiger partial charge on any atom is 0.326 e. The fourth-order valence-corrected chi connectivity index (χ4v) is 1.46. The summed E-state index contributed by atoms with van der Waals surface area (Å²) in [5.74, 6) is -4.92. The fourth-order valence-electron chi connectivity index (χ4n) is 1.46. The molecule has 20 heavy (non-hydrogen) atoms. The molecule has 0 fully saturated rings. The summed E-state index contributed by atoms with van der Waals surface area (Å²) in [7, 11) is 0. The Labute approximate surface area is 112 Å². The Kier molecular flexibility index (Phi) is 5.01. The molecule has 0 aliphatic rings. The van der Waals surface area contributed by atoms with Gasteiger partial charge in [-0.15, -0.1) is 0 Å². The van der Waals surface area contributed by atoms with E-state index in [2.05, 4.69) is 5.32 Å². The summed E-state index contributed by atoms with van der Waals surface area (Å²) >= 11 is 0. The third kappa shape index (κ3) is 4.23. The van der Waals surface area contributed by atoms with Gasteiger partial charge in [0.1, 0.15) is 17.6 Å². The lowest BCUT2D eigenvalue weighted by Crippen LogP contribution is -2.41. The number of hydrogen-bond acceptors (Lipinski definition) is 4. The number of carboxylic acids is 2. The van der Waals surface area contributed by atoms with Gasteiger partial charge in [-0.05, 0) is 18.6 Å². The van der Waals surface area contributed by atoms with Crippen molar-refractivity contribution in [3.05, 3.63) is 29.6 Å². The molecule has 108 valence electrons. The monoisotopic (exact) mass is 285 g/mol. The zero-order valence-corrected chi connectivity index (χ0v) is 10.2. The van der Waals surface area contributed by atoms with E-state index in [9.17, 15) is 23.9 Å². The lowest BCUT2D eigenvalue weighted by Gasteiger charge is -2.14. The SMILES string of the molecule is O=C(O)CC[C@H](NC(=O)c1ccc(F)cc1O)C(=O)O. The first-order valence-corrected chi connectivity index (χ1v) is 5.55. The summed E-state index contributed by atoms with van der Waals surface area (Å²) in [5.41, 5.74) is -0.298. The number of aliphatic carboxylic acids is 2. The number of phenols is 1. The van der Waals surface area contributed by atoms with Gasteiger partial charge in [-0.3, -0.25) is 9.59 Å². The number of carbonyl (C=O) groups excluding carboxylic acids is 1. The Hall–Kier alpha value is -2.64. The van der Waals surface area contributed by atoms with Gasteiger partial charge in [0, 0.05) is 12.5 Å². The van der Waals surface area contributed by atoms with Crippen molar-refractivity contribution in [3.8, 4) is 5.75 Å². The molecule has 0 radical (unpaired) electrons. The second kappa shape index (κ2) is 6.50. The highest BCUT2D eigenvalue weighted by molar-refractivity contribution is 5.98. The molecule has 0 unspecified atom stereocenters. The van der Waals surface area contributed by atoms with Crippen molar-refractivity contribution >= 4 is 17.8 Å². The number of amides is 1. The summed E-state index contributed by atoms with van der Waals surface area (Å²) in [6.45, 7) is 0. The van der Waals surface area contributed by atoms with Gasteiger partial charge in [0.2, 0.25) is 0 Å². The van der Waals surface area contributed by atoms with Crippen LogP contribution in [0.3, 0.4) is 0 Å². The first kappa shape index (κ1) is 15.4. The van der Waals surface area contributed by atoms with Crippen molar-refractivity contribution in [2.24, 2.45) is 0 Å². The summed E-state index contributed by atoms with van der Waals surface area (Å²) in [6.07, 6.45) is -0.745. The van der Waals surface area contributed by atoms with Crippen LogP contribution in [0.1, 0.15) is 23.2 Å². The maximum atomic E-state index is 12.8. The predicted molar refractivity (Wildman–Crippen MR) is 63.8 cm³/mol. The summed E-state index contributed by atoms with van der Waals surface area (Å²) in [4.78, 5) is 33.0. The van der Waals surface area contributed by atoms with E-state index in [1.54, 1.807) is 0 Å². The molecule has 0 saturated carbocycles. The molecular weight excluding hydrogens is 273 g/mol. The van der Waals surface area contributed by atoms with Crippen molar-refractivity contribution in [2.45, 2.75) is 18.9 Å². The average Bonchev–Trinajstić information content (AvgIpc) is 2.33. The van der Waals surface area contributed by atoms with E-state index in [4.69, 9.17) is 10.2 Å². The quantitative estimate of drug-likeness (QED) is 0.606. The van der Waals surface area contributed by atoms with Crippen molar-refractivity contribution < 1.29 is 34.1 Å². The van der Waals surface area contributed by atoms with Crippen LogP contribution in [0.2, 0.25) is 0 Å². The smallest absolute Gasteiger partial charge is 0.326 e. The molecule has 4 N–H and O–H groups in total. The van der Waals surface area contributed by atoms with E-state index in [1.165, 1.54) is 0 Å². The van der Waals surface area contributed by atoms with E-state index >= 15 is 0 Å². The van der Waals surface area contributed by atoms with E-state index < -0.39 is 41.9 Å². The number of carboxylic acid groups (broad SMARTS) is 2. The number of aromatic hydroxyl groups is 1. The Morgan fingerprint density at radius 2 is 1.90 bits per heavy atom. The largest absolute Gasteiger partial charge is 0.507 e. The molecule has 0 spiro atoms. The van der Waals surface area contributed by atoms with Gasteiger partial charge >= 0.3 is 11.9 Å². The second-order valence-corrected chi connectivity index (χ2v) is 3.96. The number of halogens is 1. The summed E-state index contributed by atoms with van der Waals surface area (Å²) in [5, 5.41) is 28.8. The highest BCUT2D eigenvalue weighted by Gasteiger charge is 2.23. The topological polar surface area (TPSA) is 124 Å². The van der Waals surface area contributed by atoms with Crippen molar-refractivity contribution in [2.75, 3.05) is 0 Å². The van der Waals surface area contributed by atoms with Crippen LogP contribution in [0, 0.1) is 5.82 Å². The van der Waals surface area contributed by atoms with Crippen LogP contribution in [0.5, 0.6) is 5.75 Å². The Balaban J connectivity index is 2.80. The summed E-state index contributed by atoms with van der Waals surface area (Å²) < 4.78 is 12.8. The highest BCUT2D eigenvalue weighted by Crippen LogP contribution is 2.18. The van der Waals surface area contributed by atoms with Crippen LogP contribution >= 0.6 is 0 Å². The minimum absolute atomic E-state index is 0.298. The minimum atomic E-state index is -1.41. The number of rotatable bonds is 6. The Morgan fingerprint density at radius 3 is 2.40 bits per heavy atom. The first-order valence-electron chi connectivity index (χ1n) is 5.55. The molecule has 0 saturated heterocycles. The third-order valence-electron chi connectivity index (χ3n) is 2.45. The normalized spacial score (nSPS) is 11.7. The van der Waals surface area contributed by atoms with Crippen LogP contribution in [0.25, 0.3) is 0 Å². The van der Waals surface area contributed by atoms with E-state index in [0.29, 0.717) is 6.07 Å². The van der Waals surface area contributed by atoms with Gasteiger partial charge < -0.3 is 20.6 Å². The second-order valence-electron chi connectivity index (χ2n) is 3.96. The fraction of sp³-hybridized carbons (Fsp3) is 0.250. The van der Waals surface area contributed by atoms with Crippen molar-refractivity contribution in [1.82, 2.24) is 5.32 Å². The van der Waals surface area contributed by atoms with Gasteiger partial charge in [-0.1, -0.05) is 0 Å². The Morgan fingerprint density at radius 1 is 1.25 bits per heavy atom. The van der Waals surface area contributed by atoms with E-state index in [0.717, 1.165) is 12.1 Å². The molecule has 0 aliphatic carbocycles. The number of benzene rings is 1. The molecule has 0 heterocycles. The van der Waals surface area contributed by atoms with Gasteiger partial charge in [-0.2, -0.15) is 0 Å². The molecule has 1 aromatic carbocycles. The minimum Gasteiger partial charge on any atom is -0.507 e. The average molecular weight is 285 g/mol. The summed E-state index contributed by atoms with van der Waals surface area (Å²) in [6, 6.07) is 1.22. The number of hydrogen-bond donors (Lipinski definition) is 4. The lowest BCUT2D eigenvalue weighted by atomic mass is 10.1. The molecule has 1 rings (SSSR count). The van der Waals surface area contributed by atoms with Crippen LogP contribution in [-0.4, -0.2) is 39.2 Å². The molecule has 7 nitrogen and oxygen atoms in total. The number of nitrogens with one attached hydrogen (secondary N) is 1. The molecule has 0 aliphatic heterocycles. The van der Waals surface area contributed by atoms with E-state index in [1.807, 2.05) is 0 Å². The van der Waals surface area contributed by atoms with Gasteiger partial charge in [0.15, 0.2) is 0 Å². The van der Waals surface area contributed by atoms with Crippen molar-refractivity contribution in [3.63, 3.8) is 0 Å².